The minimum absolute atomic E-state index is 0.867. The summed E-state index contributed by atoms with van der Waals surface area (Å²) in [6, 6.07) is 0. The summed E-state index contributed by atoms with van der Waals surface area (Å²) < 4.78 is 0. The number of rotatable bonds is 0. The van der Waals surface area contributed by atoms with Gasteiger partial charge in [-0.25, -0.2) is 0 Å². The fourth-order valence-electron chi connectivity index (χ4n) is 3.42. The Morgan fingerprint density at radius 2 is 2.18 bits per heavy atom. The Morgan fingerprint density at radius 1 is 1.36 bits per heavy atom. The molecule has 1 saturated heterocycles. The molecule has 0 N–H and O–H groups in total. The van der Waals surface area contributed by atoms with E-state index in [2.05, 4.69) is 18.7 Å². The average Bonchev–Trinajstić information content (AvgIpc) is 2.46. The minimum atomic E-state index is 0.867. The standard InChI is InChI=1S/C10H16S/c1-7-6-10(7)4-2-8-3-5-11-9(8)10/h7-9H,2-6H2,1H3. The first-order valence-corrected chi connectivity index (χ1v) is 5.99. The van der Waals surface area contributed by atoms with Crippen LogP contribution >= 0.6 is 11.8 Å². The van der Waals surface area contributed by atoms with Gasteiger partial charge in [-0.2, -0.15) is 11.8 Å². The van der Waals surface area contributed by atoms with Crippen LogP contribution in [0.2, 0.25) is 0 Å². The molecule has 0 amide bonds. The number of hydrogen-bond donors (Lipinski definition) is 0. The van der Waals surface area contributed by atoms with Crippen LogP contribution in [0.25, 0.3) is 0 Å². The third kappa shape index (κ3) is 0.734. The predicted octanol–water partition coefficient (Wildman–Crippen LogP) is 2.93. The SMILES string of the molecule is CC1CC12CCC1CCSC12. The van der Waals surface area contributed by atoms with Crippen molar-refractivity contribution in [1.82, 2.24) is 0 Å². The van der Waals surface area contributed by atoms with Gasteiger partial charge in [0.25, 0.3) is 0 Å². The van der Waals surface area contributed by atoms with E-state index in [1.807, 2.05) is 0 Å². The van der Waals surface area contributed by atoms with E-state index in [0.717, 1.165) is 22.5 Å². The zero-order valence-corrected chi connectivity index (χ0v) is 7.99. The lowest BCUT2D eigenvalue weighted by Crippen LogP contribution is -2.15. The van der Waals surface area contributed by atoms with Crippen LogP contribution in [0, 0.1) is 17.3 Å². The van der Waals surface area contributed by atoms with E-state index in [0.29, 0.717) is 0 Å². The van der Waals surface area contributed by atoms with Crippen LogP contribution in [-0.4, -0.2) is 11.0 Å². The van der Waals surface area contributed by atoms with E-state index >= 15 is 0 Å². The monoisotopic (exact) mass is 168 g/mol. The second-order valence-electron chi connectivity index (χ2n) is 4.72. The Kier molecular flexibility index (Phi) is 1.23. The molecule has 62 valence electrons. The zero-order valence-electron chi connectivity index (χ0n) is 7.18. The highest BCUT2D eigenvalue weighted by Gasteiger charge is 2.62. The predicted molar refractivity (Wildman–Crippen MR) is 49.8 cm³/mol. The maximum Gasteiger partial charge on any atom is 0.0135 e. The summed E-state index contributed by atoms with van der Waals surface area (Å²) in [7, 11) is 0. The molecule has 3 rings (SSSR count). The van der Waals surface area contributed by atoms with E-state index in [1.54, 1.807) is 19.3 Å². The van der Waals surface area contributed by atoms with Crippen molar-refractivity contribution >= 4 is 11.8 Å². The molecular formula is C10H16S. The van der Waals surface area contributed by atoms with E-state index < -0.39 is 0 Å². The van der Waals surface area contributed by atoms with Gasteiger partial charge < -0.3 is 0 Å². The molecule has 11 heavy (non-hydrogen) atoms. The maximum absolute atomic E-state index is 2.46. The first kappa shape index (κ1) is 6.82. The second-order valence-corrected chi connectivity index (χ2v) is 5.97. The van der Waals surface area contributed by atoms with Crippen LogP contribution in [0.15, 0.2) is 0 Å². The highest BCUT2D eigenvalue weighted by atomic mass is 32.2. The molecule has 3 fully saturated rings. The molecule has 0 radical (unpaired) electrons. The first-order chi connectivity index (χ1) is 5.33. The number of fused-ring (bicyclic) bond motifs is 2. The van der Waals surface area contributed by atoms with Gasteiger partial charge in [-0.1, -0.05) is 6.92 Å². The Labute approximate surface area is 73.1 Å². The van der Waals surface area contributed by atoms with Crippen LogP contribution < -0.4 is 0 Å². The molecule has 4 atom stereocenters. The summed E-state index contributed by atoms with van der Waals surface area (Å²) in [5, 5.41) is 1.09. The van der Waals surface area contributed by atoms with Crippen molar-refractivity contribution in [2.45, 2.75) is 37.9 Å². The van der Waals surface area contributed by atoms with Gasteiger partial charge in [-0.15, -0.1) is 0 Å². The van der Waals surface area contributed by atoms with E-state index in [-0.39, 0.29) is 0 Å². The molecule has 1 heteroatoms. The minimum Gasteiger partial charge on any atom is -0.158 e. The third-order valence-corrected chi connectivity index (χ3v) is 5.95. The van der Waals surface area contributed by atoms with Crippen molar-refractivity contribution in [3.63, 3.8) is 0 Å². The van der Waals surface area contributed by atoms with Crippen molar-refractivity contribution < 1.29 is 0 Å². The highest BCUT2D eigenvalue weighted by molar-refractivity contribution is 8.00. The van der Waals surface area contributed by atoms with Crippen molar-refractivity contribution in [3.05, 3.63) is 0 Å². The molecule has 2 saturated carbocycles. The largest absolute Gasteiger partial charge is 0.158 e. The summed E-state index contributed by atoms with van der Waals surface area (Å²) in [5.41, 5.74) is 0.867. The second kappa shape index (κ2) is 1.99. The van der Waals surface area contributed by atoms with E-state index in [9.17, 15) is 0 Å². The molecule has 0 bridgehead atoms. The number of hydrogen-bond acceptors (Lipinski definition) is 1. The molecule has 2 aliphatic carbocycles. The molecule has 1 aliphatic heterocycles. The Morgan fingerprint density at radius 3 is 2.91 bits per heavy atom. The molecule has 1 spiro atoms. The van der Waals surface area contributed by atoms with Gasteiger partial charge in [0.2, 0.25) is 0 Å². The van der Waals surface area contributed by atoms with Gasteiger partial charge in [0.05, 0.1) is 0 Å². The summed E-state index contributed by atoms with van der Waals surface area (Å²) in [6.45, 7) is 2.46. The van der Waals surface area contributed by atoms with Gasteiger partial charge in [0.15, 0.2) is 0 Å². The lowest BCUT2D eigenvalue weighted by Gasteiger charge is -2.16. The summed E-state index contributed by atoms with van der Waals surface area (Å²) >= 11 is 2.29. The quantitative estimate of drug-likeness (QED) is 0.536. The summed E-state index contributed by atoms with van der Waals surface area (Å²) in [6.07, 6.45) is 6.21. The number of thioether (sulfide) groups is 1. The fourth-order valence-corrected chi connectivity index (χ4v) is 5.43. The normalized spacial score (nSPS) is 60.3. The van der Waals surface area contributed by atoms with Gasteiger partial charge in [0.1, 0.15) is 0 Å². The van der Waals surface area contributed by atoms with Gasteiger partial charge in [-0.3, -0.25) is 0 Å². The van der Waals surface area contributed by atoms with Crippen molar-refractivity contribution in [3.8, 4) is 0 Å². The molecular weight excluding hydrogens is 152 g/mol. The van der Waals surface area contributed by atoms with Crippen molar-refractivity contribution in [1.29, 1.82) is 0 Å². The summed E-state index contributed by atoms with van der Waals surface area (Å²) in [5.74, 6) is 3.66. The molecule has 1 heterocycles. The third-order valence-electron chi connectivity index (χ3n) is 4.27. The van der Waals surface area contributed by atoms with Crippen LogP contribution in [0.3, 0.4) is 0 Å². The van der Waals surface area contributed by atoms with Crippen LogP contribution in [-0.2, 0) is 0 Å². The fraction of sp³-hybridized carbons (Fsp3) is 1.00. The van der Waals surface area contributed by atoms with Gasteiger partial charge in [-0.05, 0) is 48.7 Å². The molecule has 0 nitrogen and oxygen atoms in total. The maximum atomic E-state index is 2.46. The Bertz CT molecular complexity index is 189. The van der Waals surface area contributed by atoms with E-state index in [4.69, 9.17) is 0 Å². The molecule has 3 aliphatic rings. The Hall–Kier alpha value is 0.350. The van der Waals surface area contributed by atoms with Crippen LogP contribution in [0.4, 0.5) is 0 Å². The molecule has 0 aromatic heterocycles. The topological polar surface area (TPSA) is 0 Å². The lowest BCUT2D eigenvalue weighted by atomic mass is 9.98. The first-order valence-electron chi connectivity index (χ1n) is 4.94. The van der Waals surface area contributed by atoms with Crippen LogP contribution in [0.1, 0.15) is 32.6 Å². The lowest BCUT2D eigenvalue weighted by molar-refractivity contribution is 0.474. The van der Waals surface area contributed by atoms with Gasteiger partial charge >= 0.3 is 0 Å². The molecule has 0 aromatic carbocycles. The molecule has 4 unspecified atom stereocenters. The average molecular weight is 168 g/mol. The van der Waals surface area contributed by atoms with E-state index in [1.165, 1.54) is 12.2 Å². The molecule has 0 aromatic rings. The Balaban J connectivity index is 1.88. The zero-order chi connectivity index (χ0) is 7.47. The highest BCUT2D eigenvalue weighted by Crippen LogP contribution is 2.69. The van der Waals surface area contributed by atoms with Crippen LogP contribution in [0.5, 0.6) is 0 Å². The summed E-state index contributed by atoms with van der Waals surface area (Å²) in [4.78, 5) is 0. The van der Waals surface area contributed by atoms with Gasteiger partial charge in [0, 0.05) is 5.25 Å². The smallest absolute Gasteiger partial charge is 0.0135 e. The van der Waals surface area contributed by atoms with Crippen molar-refractivity contribution in [2.75, 3.05) is 5.75 Å². The van der Waals surface area contributed by atoms with Crippen molar-refractivity contribution in [2.24, 2.45) is 17.3 Å².